The van der Waals surface area contributed by atoms with Crippen LogP contribution in [0.15, 0.2) is 52.5 Å². The van der Waals surface area contributed by atoms with E-state index >= 15 is 0 Å². The van der Waals surface area contributed by atoms with Crippen molar-refractivity contribution in [2.24, 2.45) is 0 Å². The van der Waals surface area contributed by atoms with Gasteiger partial charge in [0, 0.05) is 28.9 Å². The van der Waals surface area contributed by atoms with Gasteiger partial charge in [-0.05, 0) is 73.4 Å². The lowest BCUT2D eigenvalue weighted by Gasteiger charge is -2.18. The molecule has 1 N–H and O–H groups in total. The normalized spacial score (nSPS) is 14.2. The minimum Gasteiger partial charge on any atom is -0.372 e. The first-order valence-electron chi connectivity index (χ1n) is 8.61. The first kappa shape index (κ1) is 18.2. The third-order valence-corrected chi connectivity index (χ3v) is 5.02. The third kappa shape index (κ3) is 4.33. The molecule has 1 heterocycles. The van der Waals surface area contributed by atoms with Gasteiger partial charge in [0.1, 0.15) is 11.6 Å². The van der Waals surface area contributed by atoms with Crippen LogP contribution in [0.3, 0.4) is 0 Å². The lowest BCUT2D eigenvalue weighted by Crippen LogP contribution is -2.17. The first-order valence-corrected chi connectivity index (χ1v) is 9.40. The molecule has 0 spiro atoms. The van der Waals surface area contributed by atoms with Crippen LogP contribution in [0.5, 0.6) is 0 Å². The van der Waals surface area contributed by atoms with E-state index in [9.17, 15) is 10.1 Å². The predicted molar refractivity (Wildman–Crippen MR) is 109 cm³/mol. The van der Waals surface area contributed by atoms with Crippen LogP contribution in [-0.4, -0.2) is 19.0 Å². The van der Waals surface area contributed by atoms with Crippen molar-refractivity contribution in [1.82, 2.24) is 0 Å². The maximum Gasteiger partial charge on any atom is 0.266 e. The molecule has 0 bridgehead atoms. The molecule has 1 amide bonds. The van der Waals surface area contributed by atoms with Crippen molar-refractivity contribution in [2.45, 2.75) is 19.8 Å². The molecule has 1 saturated heterocycles. The number of benzene rings is 2. The summed E-state index contributed by atoms with van der Waals surface area (Å²) >= 11 is 3.36. The summed E-state index contributed by atoms with van der Waals surface area (Å²) in [6.07, 6.45) is 4.11. The number of halogens is 1. The average Bonchev–Trinajstić information content (AvgIpc) is 3.17. The van der Waals surface area contributed by atoms with E-state index in [1.54, 1.807) is 18.2 Å². The summed E-state index contributed by atoms with van der Waals surface area (Å²) in [6.45, 7) is 4.19. The third-order valence-electron chi connectivity index (χ3n) is 4.49. The van der Waals surface area contributed by atoms with Gasteiger partial charge in [0.25, 0.3) is 5.91 Å². The minimum atomic E-state index is -0.405. The molecular weight excluding hydrogens is 390 g/mol. The van der Waals surface area contributed by atoms with Gasteiger partial charge >= 0.3 is 0 Å². The van der Waals surface area contributed by atoms with Crippen molar-refractivity contribution in [3.05, 3.63) is 63.6 Å². The number of amides is 1. The van der Waals surface area contributed by atoms with Gasteiger partial charge in [-0.15, -0.1) is 0 Å². The van der Waals surface area contributed by atoms with Gasteiger partial charge in [-0.3, -0.25) is 4.79 Å². The highest BCUT2D eigenvalue weighted by Gasteiger charge is 2.14. The van der Waals surface area contributed by atoms with Crippen LogP contribution in [0.4, 0.5) is 11.4 Å². The number of hydrogen-bond donors (Lipinski definition) is 1. The topological polar surface area (TPSA) is 56.1 Å². The summed E-state index contributed by atoms with van der Waals surface area (Å²) < 4.78 is 0.931. The summed E-state index contributed by atoms with van der Waals surface area (Å²) in [6, 6.07) is 15.4. The molecule has 0 radical (unpaired) electrons. The van der Waals surface area contributed by atoms with E-state index < -0.39 is 5.91 Å². The number of anilines is 2. The number of carbonyl (C=O) groups excluding carboxylic acids is 1. The highest BCUT2D eigenvalue weighted by atomic mass is 79.9. The van der Waals surface area contributed by atoms with Crippen molar-refractivity contribution < 1.29 is 4.79 Å². The molecule has 132 valence electrons. The quantitative estimate of drug-likeness (QED) is 0.576. The largest absolute Gasteiger partial charge is 0.372 e. The zero-order valence-corrected chi connectivity index (χ0v) is 16.2. The highest BCUT2D eigenvalue weighted by Crippen LogP contribution is 2.24. The number of carbonyl (C=O) groups is 1. The molecule has 26 heavy (non-hydrogen) atoms. The van der Waals surface area contributed by atoms with Crippen molar-refractivity contribution in [2.75, 3.05) is 23.3 Å². The predicted octanol–water partition coefficient (Wildman–Crippen LogP) is 4.90. The molecule has 0 aliphatic carbocycles. The van der Waals surface area contributed by atoms with E-state index in [4.69, 9.17) is 0 Å². The van der Waals surface area contributed by atoms with Crippen LogP contribution in [0, 0.1) is 18.3 Å². The van der Waals surface area contributed by atoms with E-state index in [-0.39, 0.29) is 5.57 Å². The van der Waals surface area contributed by atoms with Crippen molar-refractivity contribution in [1.29, 1.82) is 5.26 Å². The molecule has 3 rings (SSSR count). The second kappa shape index (κ2) is 8.20. The van der Waals surface area contributed by atoms with Gasteiger partial charge in [0.2, 0.25) is 0 Å². The van der Waals surface area contributed by atoms with E-state index in [2.05, 4.69) is 38.3 Å². The standard InChI is InChI=1S/C21H20BrN3O/c1-15-12-20(25-10-2-3-11-25)9-4-16(15)13-17(14-23)21(26)24-19-7-5-18(22)6-8-19/h4-9,12-13H,2-3,10-11H2,1H3,(H,24,26)/b17-13-. The van der Waals surface area contributed by atoms with Gasteiger partial charge in [-0.1, -0.05) is 22.0 Å². The molecule has 0 aromatic heterocycles. The molecule has 0 unspecified atom stereocenters. The summed E-state index contributed by atoms with van der Waals surface area (Å²) in [5, 5.41) is 12.2. The molecule has 4 nitrogen and oxygen atoms in total. The monoisotopic (exact) mass is 409 g/mol. The Bertz CT molecular complexity index is 875. The molecule has 2 aromatic carbocycles. The number of nitrogens with zero attached hydrogens (tertiary/aromatic N) is 2. The maximum absolute atomic E-state index is 12.4. The van der Waals surface area contributed by atoms with Gasteiger partial charge in [0.15, 0.2) is 0 Å². The summed E-state index contributed by atoms with van der Waals surface area (Å²) in [5.74, 6) is -0.405. The Kier molecular flexibility index (Phi) is 5.75. The van der Waals surface area contributed by atoms with Crippen LogP contribution in [0.2, 0.25) is 0 Å². The second-order valence-corrected chi connectivity index (χ2v) is 7.28. The number of hydrogen-bond acceptors (Lipinski definition) is 3. The van der Waals surface area contributed by atoms with Crippen LogP contribution < -0.4 is 10.2 Å². The fraction of sp³-hybridized carbons (Fsp3) is 0.238. The van der Waals surface area contributed by atoms with E-state index in [0.29, 0.717) is 5.69 Å². The zero-order valence-electron chi connectivity index (χ0n) is 14.6. The number of rotatable bonds is 4. The van der Waals surface area contributed by atoms with Crippen LogP contribution in [0.1, 0.15) is 24.0 Å². The molecule has 1 aliphatic heterocycles. The SMILES string of the molecule is Cc1cc(N2CCCC2)ccc1/C=C(/C#N)C(=O)Nc1ccc(Br)cc1. The summed E-state index contributed by atoms with van der Waals surface area (Å²) in [7, 11) is 0. The number of nitrogens with one attached hydrogen (secondary N) is 1. The highest BCUT2D eigenvalue weighted by molar-refractivity contribution is 9.10. The Morgan fingerprint density at radius 1 is 1.19 bits per heavy atom. The van der Waals surface area contributed by atoms with Crippen LogP contribution in [0.25, 0.3) is 6.08 Å². The Morgan fingerprint density at radius 3 is 2.50 bits per heavy atom. The maximum atomic E-state index is 12.4. The Morgan fingerprint density at radius 2 is 1.88 bits per heavy atom. The lowest BCUT2D eigenvalue weighted by atomic mass is 10.0. The fourth-order valence-electron chi connectivity index (χ4n) is 3.03. The van der Waals surface area contributed by atoms with E-state index in [1.807, 2.05) is 31.2 Å². The van der Waals surface area contributed by atoms with Gasteiger partial charge in [0.05, 0.1) is 0 Å². The van der Waals surface area contributed by atoms with Gasteiger partial charge in [-0.25, -0.2) is 0 Å². The fourth-order valence-corrected chi connectivity index (χ4v) is 3.29. The molecule has 1 aliphatic rings. The molecule has 0 saturated carbocycles. The zero-order chi connectivity index (χ0) is 18.5. The minimum absolute atomic E-state index is 0.0879. The Labute approximate surface area is 162 Å². The Hall–Kier alpha value is -2.58. The number of aryl methyl sites for hydroxylation is 1. The second-order valence-electron chi connectivity index (χ2n) is 6.37. The Balaban J connectivity index is 1.78. The first-order chi connectivity index (χ1) is 12.6. The average molecular weight is 410 g/mol. The van der Waals surface area contributed by atoms with Gasteiger partial charge in [-0.2, -0.15) is 5.26 Å². The number of nitriles is 1. The molecule has 5 heteroatoms. The summed E-state index contributed by atoms with van der Waals surface area (Å²) in [5.41, 5.74) is 3.88. The van der Waals surface area contributed by atoms with E-state index in [0.717, 1.165) is 28.7 Å². The lowest BCUT2D eigenvalue weighted by molar-refractivity contribution is -0.112. The van der Waals surface area contributed by atoms with Crippen molar-refractivity contribution in [3.63, 3.8) is 0 Å². The molecular formula is C21H20BrN3O. The molecule has 0 atom stereocenters. The molecule has 1 fully saturated rings. The molecule has 2 aromatic rings. The van der Waals surface area contributed by atoms with E-state index in [1.165, 1.54) is 18.5 Å². The van der Waals surface area contributed by atoms with Crippen molar-refractivity contribution >= 4 is 39.3 Å². The van der Waals surface area contributed by atoms with Gasteiger partial charge < -0.3 is 10.2 Å². The summed E-state index contributed by atoms with van der Waals surface area (Å²) in [4.78, 5) is 14.8. The van der Waals surface area contributed by atoms with Crippen molar-refractivity contribution in [3.8, 4) is 6.07 Å². The van der Waals surface area contributed by atoms with Crippen LogP contribution in [-0.2, 0) is 4.79 Å². The smallest absolute Gasteiger partial charge is 0.266 e. The van der Waals surface area contributed by atoms with Crippen LogP contribution >= 0.6 is 15.9 Å².